The van der Waals surface area contributed by atoms with E-state index in [9.17, 15) is 0 Å². The van der Waals surface area contributed by atoms with Gasteiger partial charge in [-0.25, -0.2) is 0 Å². The average Bonchev–Trinajstić information content (AvgIpc) is 2.03. The highest BCUT2D eigenvalue weighted by Crippen LogP contribution is 1.96. The number of hydrogen-bond donors (Lipinski definition) is 0. The molecule has 0 aliphatic rings. The lowest BCUT2D eigenvalue weighted by molar-refractivity contribution is 0.134. The molecule has 0 bridgehead atoms. The molecule has 60 valence electrons. The Hall–Kier alpha value is -0.603. The van der Waals surface area contributed by atoms with Crippen LogP contribution < -0.4 is 5.19 Å². The predicted octanol–water partition coefficient (Wildman–Crippen LogP) is 0.214. The minimum atomic E-state index is 0.774. The third-order valence-corrected chi connectivity index (χ3v) is 2.70. The molecule has 0 spiro atoms. The maximum Gasteiger partial charge on any atom is 0.0715 e. The van der Waals surface area contributed by atoms with Crippen LogP contribution in [-0.4, -0.2) is 16.8 Å². The van der Waals surface area contributed by atoms with Gasteiger partial charge in [0.25, 0.3) is 0 Å². The zero-order valence-electron chi connectivity index (χ0n) is 7.13. The van der Waals surface area contributed by atoms with Crippen molar-refractivity contribution >= 4 is 15.4 Å². The Morgan fingerprint density at radius 2 is 2.09 bits per heavy atom. The second kappa shape index (κ2) is 4.31. The third-order valence-electron chi connectivity index (χ3n) is 1.72. The van der Waals surface area contributed by atoms with Crippen LogP contribution in [0.5, 0.6) is 0 Å². The van der Waals surface area contributed by atoms with E-state index in [4.69, 9.17) is 4.74 Å². The standard InChI is InChI=1S/C9H14OSi/c1-2-10-7-8-5-3-4-6-9(8)11/h3-6H,2,7H2,1,11H3. The van der Waals surface area contributed by atoms with Gasteiger partial charge >= 0.3 is 0 Å². The molecule has 0 saturated carbocycles. The molecule has 1 nitrogen and oxygen atoms in total. The molecule has 0 N–H and O–H groups in total. The largest absolute Gasteiger partial charge is 0.377 e. The van der Waals surface area contributed by atoms with Crippen molar-refractivity contribution in [2.75, 3.05) is 6.61 Å². The first-order chi connectivity index (χ1) is 5.34. The van der Waals surface area contributed by atoms with Gasteiger partial charge in [0.1, 0.15) is 0 Å². The van der Waals surface area contributed by atoms with Crippen LogP contribution in [0.4, 0.5) is 0 Å². The molecule has 0 atom stereocenters. The smallest absolute Gasteiger partial charge is 0.0715 e. The molecular weight excluding hydrogens is 152 g/mol. The van der Waals surface area contributed by atoms with Crippen molar-refractivity contribution in [2.24, 2.45) is 0 Å². The van der Waals surface area contributed by atoms with Gasteiger partial charge in [-0.05, 0) is 12.5 Å². The summed E-state index contributed by atoms with van der Waals surface area (Å²) >= 11 is 0. The van der Waals surface area contributed by atoms with Crippen LogP contribution in [0.1, 0.15) is 12.5 Å². The fourth-order valence-electron chi connectivity index (χ4n) is 0.984. The monoisotopic (exact) mass is 166 g/mol. The normalized spacial score (nSPS) is 10.3. The van der Waals surface area contributed by atoms with Gasteiger partial charge in [0, 0.05) is 16.8 Å². The van der Waals surface area contributed by atoms with Crippen molar-refractivity contribution in [3.63, 3.8) is 0 Å². The number of ether oxygens (including phenoxy) is 1. The summed E-state index contributed by atoms with van der Waals surface area (Å²) in [6.07, 6.45) is 0. The summed E-state index contributed by atoms with van der Waals surface area (Å²) in [5.41, 5.74) is 1.35. The van der Waals surface area contributed by atoms with E-state index in [2.05, 4.69) is 24.3 Å². The van der Waals surface area contributed by atoms with Crippen LogP contribution in [0.3, 0.4) is 0 Å². The van der Waals surface area contributed by atoms with Crippen LogP contribution in [0.2, 0.25) is 0 Å². The molecular formula is C9H14OSi. The third kappa shape index (κ3) is 2.48. The summed E-state index contributed by atoms with van der Waals surface area (Å²) in [6, 6.07) is 8.45. The molecule has 0 fully saturated rings. The number of benzene rings is 1. The van der Waals surface area contributed by atoms with Gasteiger partial charge in [0.05, 0.1) is 6.61 Å². The average molecular weight is 166 g/mol. The summed E-state index contributed by atoms with van der Waals surface area (Å²) in [7, 11) is 1.11. The van der Waals surface area contributed by atoms with Crippen LogP contribution in [0.15, 0.2) is 24.3 Å². The van der Waals surface area contributed by atoms with Gasteiger partial charge in [-0.3, -0.25) is 0 Å². The molecule has 0 amide bonds. The molecule has 0 unspecified atom stereocenters. The Morgan fingerprint density at radius 3 is 2.73 bits per heavy atom. The molecule has 1 aromatic rings. The van der Waals surface area contributed by atoms with Crippen molar-refractivity contribution in [1.82, 2.24) is 0 Å². The summed E-state index contributed by atoms with van der Waals surface area (Å²) in [5, 5.41) is 1.45. The Kier molecular flexibility index (Phi) is 3.33. The van der Waals surface area contributed by atoms with Gasteiger partial charge in [-0.15, -0.1) is 0 Å². The van der Waals surface area contributed by atoms with Gasteiger partial charge in [-0.2, -0.15) is 0 Å². The fourth-order valence-corrected chi connectivity index (χ4v) is 1.49. The summed E-state index contributed by atoms with van der Waals surface area (Å²) < 4.78 is 5.32. The minimum Gasteiger partial charge on any atom is -0.377 e. The SMILES string of the molecule is CCOCc1ccccc1[SiH3]. The van der Waals surface area contributed by atoms with E-state index in [1.54, 1.807) is 0 Å². The molecule has 0 saturated heterocycles. The summed E-state index contributed by atoms with van der Waals surface area (Å²) in [6.45, 7) is 3.60. The Labute approximate surface area is 70.8 Å². The Bertz CT molecular complexity index is 223. The first-order valence-electron chi connectivity index (χ1n) is 3.97. The quantitative estimate of drug-likeness (QED) is 0.584. The fraction of sp³-hybridized carbons (Fsp3) is 0.333. The van der Waals surface area contributed by atoms with E-state index in [-0.39, 0.29) is 0 Å². The summed E-state index contributed by atoms with van der Waals surface area (Å²) in [4.78, 5) is 0. The molecule has 1 rings (SSSR count). The number of hydrogen-bond acceptors (Lipinski definition) is 1. The predicted molar refractivity (Wildman–Crippen MR) is 51.3 cm³/mol. The maximum absolute atomic E-state index is 5.32. The minimum absolute atomic E-state index is 0.774. The van der Waals surface area contributed by atoms with Crippen LogP contribution in [0, 0.1) is 0 Å². The Morgan fingerprint density at radius 1 is 1.36 bits per heavy atom. The van der Waals surface area contributed by atoms with E-state index in [1.165, 1.54) is 10.8 Å². The molecule has 11 heavy (non-hydrogen) atoms. The first-order valence-corrected chi connectivity index (χ1v) is 4.97. The van der Waals surface area contributed by atoms with E-state index < -0.39 is 0 Å². The first kappa shape index (κ1) is 8.49. The van der Waals surface area contributed by atoms with Gasteiger partial charge in [0.15, 0.2) is 0 Å². The molecule has 0 aliphatic carbocycles. The maximum atomic E-state index is 5.32. The summed E-state index contributed by atoms with van der Waals surface area (Å²) in [5.74, 6) is 0. The highest BCUT2D eigenvalue weighted by atomic mass is 28.1. The molecule has 0 heterocycles. The second-order valence-corrected chi connectivity index (χ2v) is 3.64. The van der Waals surface area contributed by atoms with Crippen LogP contribution in [-0.2, 0) is 11.3 Å². The highest BCUT2D eigenvalue weighted by Gasteiger charge is 1.94. The van der Waals surface area contributed by atoms with Crippen molar-refractivity contribution < 1.29 is 4.74 Å². The van der Waals surface area contributed by atoms with Gasteiger partial charge in [-0.1, -0.05) is 29.5 Å². The van der Waals surface area contributed by atoms with Crippen LogP contribution >= 0.6 is 0 Å². The topological polar surface area (TPSA) is 9.23 Å². The lowest BCUT2D eigenvalue weighted by Crippen LogP contribution is -2.10. The van der Waals surface area contributed by atoms with Gasteiger partial charge < -0.3 is 4.74 Å². The number of rotatable bonds is 3. The highest BCUT2D eigenvalue weighted by molar-refractivity contribution is 6.33. The van der Waals surface area contributed by atoms with Crippen molar-refractivity contribution in [2.45, 2.75) is 13.5 Å². The van der Waals surface area contributed by atoms with E-state index >= 15 is 0 Å². The Balaban J connectivity index is 2.62. The zero-order valence-corrected chi connectivity index (χ0v) is 9.13. The molecule has 0 aromatic heterocycles. The lowest BCUT2D eigenvalue weighted by atomic mass is 10.2. The zero-order chi connectivity index (χ0) is 8.10. The van der Waals surface area contributed by atoms with Gasteiger partial charge in [0.2, 0.25) is 0 Å². The van der Waals surface area contributed by atoms with Crippen LogP contribution in [0.25, 0.3) is 0 Å². The lowest BCUT2D eigenvalue weighted by Gasteiger charge is -2.04. The molecule has 1 aromatic carbocycles. The van der Waals surface area contributed by atoms with E-state index in [1.807, 2.05) is 6.92 Å². The molecule has 0 radical (unpaired) electrons. The molecule has 2 heteroatoms. The second-order valence-electron chi connectivity index (χ2n) is 2.56. The van der Waals surface area contributed by atoms with E-state index in [0.29, 0.717) is 0 Å². The van der Waals surface area contributed by atoms with Crippen molar-refractivity contribution in [3.05, 3.63) is 29.8 Å². The van der Waals surface area contributed by atoms with Crippen molar-refractivity contribution in [1.29, 1.82) is 0 Å². The van der Waals surface area contributed by atoms with Crippen molar-refractivity contribution in [3.8, 4) is 0 Å². The molecule has 0 aliphatic heterocycles. The van der Waals surface area contributed by atoms with E-state index in [0.717, 1.165) is 23.5 Å².